The molecule has 2 rings (SSSR count). The van der Waals surface area contributed by atoms with E-state index >= 15 is 0 Å². The van der Waals surface area contributed by atoms with Gasteiger partial charge in [-0.25, -0.2) is 0 Å². The summed E-state index contributed by atoms with van der Waals surface area (Å²) in [6, 6.07) is 13.6. The van der Waals surface area contributed by atoms with Gasteiger partial charge in [0.05, 0.1) is 10.0 Å². The van der Waals surface area contributed by atoms with Crippen LogP contribution in [0.5, 0.6) is 11.5 Å². The molecule has 0 aliphatic carbocycles. The lowest BCUT2D eigenvalue weighted by Gasteiger charge is -2.07. The summed E-state index contributed by atoms with van der Waals surface area (Å²) >= 11 is 11.9. The van der Waals surface area contributed by atoms with Gasteiger partial charge in [-0.15, -0.1) is 0 Å². The molecule has 0 aliphatic rings. The lowest BCUT2D eigenvalue weighted by Crippen LogP contribution is -2.09. The highest BCUT2D eigenvalue weighted by molar-refractivity contribution is 6.32. The molecule has 0 heterocycles. The van der Waals surface area contributed by atoms with Crippen molar-refractivity contribution in [1.82, 2.24) is 0 Å². The maximum absolute atomic E-state index is 11.8. The predicted molar refractivity (Wildman–Crippen MR) is 97.3 cm³/mol. The van der Waals surface area contributed by atoms with Crippen molar-refractivity contribution in [3.05, 3.63) is 58.6 Å². The Kier molecular flexibility index (Phi) is 7.76. The number of para-hydroxylation sites is 2. The zero-order chi connectivity index (χ0) is 18.1. The van der Waals surface area contributed by atoms with E-state index in [9.17, 15) is 9.59 Å². The number of carbonyl (C=O) groups is 2. The minimum Gasteiger partial charge on any atom is -0.425 e. The zero-order valence-corrected chi connectivity index (χ0v) is 15.1. The number of hydrogen-bond acceptors (Lipinski definition) is 4. The maximum atomic E-state index is 11.8. The standard InChI is InChI=1S/C19H18Cl2O4/c20-14-8-4-6-10-16(14)24-18(22)12-2-1-3-13-19(23)25-17-11-7-5-9-15(17)21/h4-11H,1-3,12-13H2. The third kappa shape index (κ3) is 6.77. The second kappa shape index (κ2) is 10.1. The van der Waals surface area contributed by atoms with Crippen LogP contribution in [-0.2, 0) is 9.59 Å². The highest BCUT2D eigenvalue weighted by atomic mass is 35.5. The molecule has 0 bridgehead atoms. The van der Waals surface area contributed by atoms with Crippen molar-refractivity contribution in [2.45, 2.75) is 32.1 Å². The fraction of sp³-hybridized carbons (Fsp3) is 0.263. The summed E-state index contributed by atoms with van der Waals surface area (Å²) in [5.74, 6) is 0.0356. The van der Waals surface area contributed by atoms with Gasteiger partial charge in [0.25, 0.3) is 0 Å². The van der Waals surface area contributed by atoms with Gasteiger partial charge in [0.1, 0.15) is 11.5 Å². The molecule has 0 spiro atoms. The smallest absolute Gasteiger partial charge is 0.311 e. The minimum absolute atomic E-state index is 0.269. The van der Waals surface area contributed by atoms with Crippen LogP contribution in [0, 0.1) is 0 Å². The monoisotopic (exact) mass is 380 g/mol. The van der Waals surface area contributed by atoms with Gasteiger partial charge in [-0.2, -0.15) is 0 Å². The van der Waals surface area contributed by atoms with Gasteiger partial charge in [-0.1, -0.05) is 53.9 Å². The van der Waals surface area contributed by atoms with E-state index in [0.717, 1.165) is 6.42 Å². The lowest BCUT2D eigenvalue weighted by molar-refractivity contribution is -0.134. The molecule has 0 N–H and O–H groups in total. The number of halogens is 2. The summed E-state index contributed by atoms with van der Waals surface area (Å²) in [5.41, 5.74) is 0. The summed E-state index contributed by atoms with van der Waals surface area (Å²) in [7, 11) is 0. The van der Waals surface area contributed by atoms with Crippen LogP contribution in [0.4, 0.5) is 0 Å². The Hall–Kier alpha value is -2.04. The molecule has 132 valence electrons. The van der Waals surface area contributed by atoms with Crippen LogP contribution in [0.2, 0.25) is 10.0 Å². The zero-order valence-electron chi connectivity index (χ0n) is 13.5. The Morgan fingerprint density at radius 3 is 1.48 bits per heavy atom. The number of benzene rings is 2. The summed E-state index contributed by atoms with van der Waals surface area (Å²) < 4.78 is 10.4. The van der Waals surface area contributed by atoms with Crippen molar-refractivity contribution in [3.8, 4) is 11.5 Å². The summed E-state index contributed by atoms with van der Waals surface area (Å²) in [6.07, 6.45) is 2.51. The third-order valence-corrected chi connectivity index (χ3v) is 4.01. The van der Waals surface area contributed by atoms with Crippen molar-refractivity contribution in [1.29, 1.82) is 0 Å². The van der Waals surface area contributed by atoms with Gasteiger partial charge in [0.2, 0.25) is 0 Å². The quantitative estimate of drug-likeness (QED) is 0.346. The maximum Gasteiger partial charge on any atom is 0.311 e. The van der Waals surface area contributed by atoms with Gasteiger partial charge in [0, 0.05) is 12.8 Å². The Bertz CT molecular complexity index is 669. The first-order chi connectivity index (χ1) is 12.1. The van der Waals surface area contributed by atoms with Crippen LogP contribution in [0.1, 0.15) is 32.1 Å². The summed E-state index contributed by atoms with van der Waals surface area (Å²) in [4.78, 5) is 23.5. The normalized spacial score (nSPS) is 10.3. The van der Waals surface area contributed by atoms with E-state index in [2.05, 4.69) is 0 Å². The van der Waals surface area contributed by atoms with E-state index in [4.69, 9.17) is 32.7 Å². The molecule has 4 nitrogen and oxygen atoms in total. The number of hydrogen-bond donors (Lipinski definition) is 0. The van der Waals surface area contributed by atoms with Gasteiger partial charge in [-0.3, -0.25) is 9.59 Å². The first-order valence-corrected chi connectivity index (χ1v) is 8.72. The SMILES string of the molecule is O=C(CCCCCC(=O)Oc1ccccc1Cl)Oc1ccccc1Cl. The average molecular weight is 381 g/mol. The first kappa shape index (κ1) is 19.3. The van der Waals surface area contributed by atoms with Crippen LogP contribution in [0.25, 0.3) is 0 Å². The van der Waals surface area contributed by atoms with Gasteiger partial charge >= 0.3 is 11.9 Å². The largest absolute Gasteiger partial charge is 0.425 e. The lowest BCUT2D eigenvalue weighted by atomic mass is 10.1. The Morgan fingerprint density at radius 2 is 1.08 bits per heavy atom. The van der Waals surface area contributed by atoms with Crippen molar-refractivity contribution in [2.24, 2.45) is 0 Å². The molecule has 0 aliphatic heterocycles. The first-order valence-electron chi connectivity index (χ1n) is 7.96. The number of ether oxygens (including phenoxy) is 2. The molecule has 25 heavy (non-hydrogen) atoms. The van der Waals surface area contributed by atoms with Crippen LogP contribution < -0.4 is 9.47 Å². The van der Waals surface area contributed by atoms with E-state index in [1.54, 1.807) is 48.5 Å². The van der Waals surface area contributed by atoms with Crippen LogP contribution in [0.15, 0.2) is 48.5 Å². The van der Waals surface area contributed by atoms with E-state index in [-0.39, 0.29) is 24.8 Å². The molecule has 2 aromatic carbocycles. The molecule has 0 amide bonds. The van der Waals surface area contributed by atoms with Crippen LogP contribution in [0.3, 0.4) is 0 Å². The fourth-order valence-electron chi connectivity index (χ4n) is 2.12. The number of esters is 2. The molecular formula is C19H18Cl2O4. The molecular weight excluding hydrogens is 363 g/mol. The molecule has 2 aromatic rings. The van der Waals surface area contributed by atoms with E-state index in [1.165, 1.54) is 0 Å². The Labute approximate surface area is 156 Å². The molecule has 0 radical (unpaired) electrons. The van der Waals surface area contributed by atoms with Gasteiger partial charge in [0.15, 0.2) is 0 Å². The molecule has 0 fully saturated rings. The van der Waals surface area contributed by atoms with Gasteiger partial charge in [-0.05, 0) is 37.1 Å². The van der Waals surface area contributed by atoms with Crippen LogP contribution in [-0.4, -0.2) is 11.9 Å². The highest BCUT2D eigenvalue weighted by Crippen LogP contribution is 2.24. The van der Waals surface area contributed by atoms with Crippen molar-refractivity contribution in [3.63, 3.8) is 0 Å². The molecule has 0 aromatic heterocycles. The van der Waals surface area contributed by atoms with Gasteiger partial charge < -0.3 is 9.47 Å². The molecule has 0 atom stereocenters. The van der Waals surface area contributed by atoms with Crippen molar-refractivity contribution >= 4 is 35.1 Å². The highest BCUT2D eigenvalue weighted by Gasteiger charge is 2.09. The molecule has 0 saturated carbocycles. The Morgan fingerprint density at radius 1 is 0.680 bits per heavy atom. The topological polar surface area (TPSA) is 52.6 Å². The van der Waals surface area contributed by atoms with Crippen LogP contribution >= 0.6 is 23.2 Å². The second-order valence-corrected chi connectivity index (χ2v) is 6.18. The average Bonchev–Trinajstić information content (AvgIpc) is 2.59. The van der Waals surface area contributed by atoms with E-state index in [1.807, 2.05) is 0 Å². The molecule has 0 saturated heterocycles. The summed E-state index contributed by atoms with van der Waals surface area (Å²) in [6.45, 7) is 0. The molecule has 0 unspecified atom stereocenters. The number of carbonyl (C=O) groups excluding carboxylic acids is 2. The summed E-state index contributed by atoms with van der Waals surface area (Å²) in [5, 5.41) is 0.802. The van der Waals surface area contributed by atoms with E-state index in [0.29, 0.717) is 34.4 Å². The minimum atomic E-state index is -0.341. The number of unbranched alkanes of at least 4 members (excludes halogenated alkanes) is 2. The Balaban J connectivity index is 1.61. The number of rotatable bonds is 8. The van der Waals surface area contributed by atoms with Crippen molar-refractivity contribution in [2.75, 3.05) is 0 Å². The predicted octanol–water partition coefficient (Wildman–Crippen LogP) is 5.45. The third-order valence-electron chi connectivity index (χ3n) is 3.38. The van der Waals surface area contributed by atoms with Crippen molar-refractivity contribution < 1.29 is 19.1 Å². The fourth-order valence-corrected chi connectivity index (χ4v) is 2.47. The van der Waals surface area contributed by atoms with E-state index < -0.39 is 0 Å². The molecule has 6 heteroatoms. The second-order valence-electron chi connectivity index (χ2n) is 5.37.